The lowest BCUT2D eigenvalue weighted by atomic mass is 10.2. The van der Waals surface area contributed by atoms with Crippen LogP contribution in [0.1, 0.15) is 19.4 Å². The molecule has 0 spiro atoms. The number of amides is 2. The van der Waals surface area contributed by atoms with Crippen LogP contribution in [-0.2, 0) is 0 Å². The zero-order valence-corrected chi connectivity index (χ0v) is 16.7. The van der Waals surface area contributed by atoms with E-state index in [0.29, 0.717) is 18.7 Å². The zero-order chi connectivity index (χ0) is 20.3. The molecule has 28 heavy (non-hydrogen) atoms. The molecule has 1 fully saturated rings. The largest absolute Gasteiger partial charge is 0.323 e. The molecular weight excluding hydrogens is 380 g/mol. The lowest BCUT2D eigenvalue weighted by Crippen LogP contribution is -2.45. The minimum absolute atomic E-state index is 0.0388. The summed E-state index contributed by atoms with van der Waals surface area (Å²) < 4.78 is 0. The molecular formula is C18H22N6O3S. The molecule has 2 heterocycles. The highest BCUT2D eigenvalue weighted by Gasteiger charge is 2.52. The Labute approximate surface area is 167 Å². The van der Waals surface area contributed by atoms with E-state index in [0.717, 1.165) is 5.17 Å². The number of urea groups is 1. The third-order valence-corrected chi connectivity index (χ3v) is 5.29. The van der Waals surface area contributed by atoms with Gasteiger partial charge in [0.25, 0.3) is 5.69 Å². The smallest absolute Gasteiger partial charge is 0.299 e. The maximum Gasteiger partial charge on any atom is 0.323 e. The lowest BCUT2D eigenvalue weighted by molar-refractivity contribution is -0.385. The Balaban J connectivity index is 1.82. The molecule has 1 aromatic carbocycles. The van der Waals surface area contributed by atoms with Gasteiger partial charge in [0.15, 0.2) is 17.5 Å². The van der Waals surface area contributed by atoms with Gasteiger partial charge in [-0.3, -0.25) is 19.9 Å². The van der Waals surface area contributed by atoms with Crippen molar-refractivity contribution >= 4 is 40.9 Å². The fraction of sp³-hybridized carbons (Fsp3) is 0.389. The van der Waals surface area contributed by atoms with E-state index >= 15 is 0 Å². The van der Waals surface area contributed by atoms with E-state index in [9.17, 15) is 14.9 Å². The van der Waals surface area contributed by atoms with Crippen LogP contribution in [0.4, 0.5) is 10.5 Å². The van der Waals surface area contributed by atoms with Gasteiger partial charge in [0.2, 0.25) is 0 Å². The SMILES string of the molecule is CCN1C(=O)N(CC)C2C1N=C(SC)N2/N=C/C=C/c1ccccc1[N+](=O)[O-]. The number of likely N-dealkylation sites (N-methyl/N-ethyl adjacent to an activating group) is 2. The lowest BCUT2D eigenvalue weighted by Gasteiger charge is -2.27. The number of para-hydroxylation sites is 1. The number of hydrogen-bond acceptors (Lipinski definition) is 7. The van der Waals surface area contributed by atoms with Gasteiger partial charge in [-0.05, 0) is 38.3 Å². The number of nitro groups is 1. The molecule has 2 atom stereocenters. The van der Waals surface area contributed by atoms with Crippen molar-refractivity contribution in [2.75, 3.05) is 19.3 Å². The van der Waals surface area contributed by atoms with Crippen LogP contribution in [0.3, 0.4) is 0 Å². The van der Waals surface area contributed by atoms with Crippen molar-refractivity contribution < 1.29 is 9.72 Å². The van der Waals surface area contributed by atoms with E-state index in [1.165, 1.54) is 17.8 Å². The summed E-state index contributed by atoms with van der Waals surface area (Å²) in [5, 5.41) is 18.1. The third-order valence-electron chi connectivity index (χ3n) is 4.64. The zero-order valence-electron chi connectivity index (χ0n) is 15.9. The summed E-state index contributed by atoms with van der Waals surface area (Å²) in [6.07, 6.45) is 6.21. The van der Waals surface area contributed by atoms with Crippen molar-refractivity contribution in [1.29, 1.82) is 0 Å². The Bertz CT molecular complexity index is 855. The van der Waals surface area contributed by atoms with Crippen LogP contribution in [0.25, 0.3) is 6.08 Å². The van der Waals surface area contributed by atoms with Crippen LogP contribution < -0.4 is 0 Å². The molecule has 2 aliphatic rings. The number of carbonyl (C=O) groups excluding carboxylic acids is 1. The highest BCUT2D eigenvalue weighted by atomic mass is 32.2. The number of fused-ring (bicyclic) bond motifs is 1. The maximum atomic E-state index is 12.6. The number of carbonyl (C=O) groups is 1. The molecule has 2 unspecified atom stereocenters. The molecule has 2 aliphatic heterocycles. The van der Waals surface area contributed by atoms with Crippen molar-refractivity contribution in [2.24, 2.45) is 10.1 Å². The number of nitrogens with zero attached hydrogens (tertiary/aromatic N) is 6. The number of amidine groups is 1. The Morgan fingerprint density at radius 3 is 2.64 bits per heavy atom. The predicted molar refractivity (Wildman–Crippen MR) is 111 cm³/mol. The van der Waals surface area contributed by atoms with Gasteiger partial charge in [0.1, 0.15) is 0 Å². The molecule has 3 rings (SSSR count). The summed E-state index contributed by atoms with van der Waals surface area (Å²) in [4.78, 5) is 31.4. The topological polar surface area (TPSA) is 94.7 Å². The van der Waals surface area contributed by atoms with Gasteiger partial charge in [-0.2, -0.15) is 5.10 Å². The summed E-state index contributed by atoms with van der Waals surface area (Å²) in [6.45, 7) is 5.01. The number of hydrazone groups is 1. The fourth-order valence-corrected chi connectivity index (χ4v) is 3.91. The van der Waals surface area contributed by atoms with Crippen molar-refractivity contribution in [3.05, 3.63) is 46.0 Å². The first-order valence-corrected chi connectivity index (χ1v) is 10.2. The molecule has 10 heteroatoms. The second kappa shape index (κ2) is 8.42. The maximum absolute atomic E-state index is 12.6. The minimum Gasteiger partial charge on any atom is -0.299 e. The van der Waals surface area contributed by atoms with Crippen LogP contribution >= 0.6 is 11.8 Å². The van der Waals surface area contributed by atoms with Crippen LogP contribution in [-0.4, -0.2) is 68.8 Å². The third kappa shape index (κ3) is 3.47. The molecule has 0 aliphatic carbocycles. The van der Waals surface area contributed by atoms with Gasteiger partial charge in [0, 0.05) is 25.4 Å². The standard InChI is InChI=1S/C18H22N6O3S/c1-4-21-15-16(22(5-2)18(21)25)23(17(20-15)28-3)19-12-8-10-13-9-6-7-11-14(13)24(26)27/h6-12,15-16H,4-5H2,1-3H3/b10-8+,19-12+. The first-order valence-electron chi connectivity index (χ1n) is 8.95. The predicted octanol–water partition coefficient (Wildman–Crippen LogP) is 3.06. The molecule has 1 aromatic rings. The highest BCUT2D eigenvalue weighted by molar-refractivity contribution is 8.13. The van der Waals surface area contributed by atoms with Gasteiger partial charge in [0.05, 0.1) is 10.5 Å². The normalized spacial score (nSPS) is 21.9. The molecule has 0 aromatic heterocycles. The quantitative estimate of drug-likeness (QED) is 0.414. The number of rotatable bonds is 6. The van der Waals surface area contributed by atoms with E-state index in [4.69, 9.17) is 0 Å². The second-order valence-corrected chi connectivity index (χ2v) is 6.86. The van der Waals surface area contributed by atoms with Crippen molar-refractivity contribution in [3.63, 3.8) is 0 Å². The van der Waals surface area contributed by atoms with Crippen LogP contribution in [0.15, 0.2) is 40.4 Å². The number of hydrogen-bond donors (Lipinski definition) is 0. The molecule has 0 bridgehead atoms. The minimum atomic E-state index is -0.414. The van der Waals surface area contributed by atoms with E-state index in [2.05, 4.69) is 10.1 Å². The van der Waals surface area contributed by atoms with Gasteiger partial charge >= 0.3 is 6.03 Å². The summed E-state index contributed by atoms with van der Waals surface area (Å²) >= 11 is 1.47. The van der Waals surface area contributed by atoms with E-state index in [-0.39, 0.29) is 24.1 Å². The molecule has 0 radical (unpaired) electrons. The Morgan fingerprint density at radius 2 is 2.00 bits per heavy atom. The average molecular weight is 402 g/mol. The number of allylic oxidation sites excluding steroid dienone is 1. The fourth-order valence-electron chi connectivity index (χ4n) is 3.35. The molecule has 148 valence electrons. The number of benzene rings is 1. The molecule has 0 saturated carbocycles. The summed E-state index contributed by atoms with van der Waals surface area (Å²) in [7, 11) is 0. The number of aliphatic imine (C=N–C) groups is 1. The van der Waals surface area contributed by atoms with Gasteiger partial charge < -0.3 is 0 Å². The molecule has 9 nitrogen and oxygen atoms in total. The number of thioether (sulfide) groups is 1. The summed E-state index contributed by atoms with van der Waals surface area (Å²) in [5.41, 5.74) is 0.539. The molecule has 1 saturated heterocycles. The second-order valence-electron chi connectivity index (χ2n) is 6.08. The number of nitro benzene ring substituents is 1. The Kier molecular flexibility index (Phi) is 5.98. The van der Waals surface area contributed by atoms with Crippen molar-refractivity contribution in [1.82, 2.24) is 14.8 Å². The van der Waals surface area contributed by atoms with E-state index < -0.39 is 4.92 Å². The van der Waals surface area contributed by atoms with Crippen LogP contribution in [0, 0.1) is 10.1 Å². The van der Waals surface area contributed by atoms with Gasteiger partial charge in [-0.15, -0.1) is 0 Å². The average Bonchev–Trinajstić information content (AvgIpc) is 3.17. The van der Waals surface area contributed by atoms with Crippen molar-refractivity contribution in [2.45, 2.75) is 26.2 Å². The van der Waals surface area contributed by atoms with E-state index in [1.807, 2.05) is 20.1 Å². The molecule has 0 N–H and O–H groups in total. The van der Waals surface area contributed by atoms with Crippen molar-refractivity contribution in [3.8, 4) is 0 Å². The first kappa shape index (κ1) is 19.9. The van der Waals surface area contributed by atoms with Gasteiger partial charge in [-0.1, -0.05) is 23.9 Å². The highest BCUT2D eigenvalue weighted by Crippen LogP contribution is 2.34. The molecule has 2 amide bonds. The van der Waals surface area contributed by atoms with Crippen LogP contribution in [0.5, 0.6) is 0 Å². The summed E-state index contributed by atoms with van der Waals surface area (Å²) in [6, 6.07) is 6.47. The monoisotopic (exact) mass is 402 g/mol. The van der Waals surface area contributed by atoms with Gasteiger partial charge in [-0.25, -0.2) is 14.8 Å². The Hall–Kier alpha value is -2.88. The van der Waals surface area contributed by atoms with Crippen LogP contribution in [0.2, 0.25) is 0 Å². The Morgan fingerprint density at radius 1 is 1.29 bits per heavy atom. The summed E-state index contributed by atoms with van der Waals surface area (Å²) in [5.74, 6) is 0. The first-order chi connectivity index (χ1) is 13.5. The van der Waals surface area contributed by atoms with E-state index in [1.54, 1.807) is 51.4 Å².